The van der Waals surface area contributed by atoms with Crippen molar-refractivity contribution in [2.24, 2.45) is 0 Å². The highest BCUT2D eigenvalue weighted by Crippen LogP contribution is 2.54. The number of halogens is 5. The van der Waals surface area contributed by atoms with E-state index in [0.717, 1.165) is 12.4 Å². The third-order valence-corrected chi connectivity index (χ3v) is 7.23. The van der Waals surface area contributed by atoms with Gasteiger partial charge in [-0.1, -0.05) is 11.6 Å². The van der Waals surface area contributed by atoms with Gasteiger partial charge in [0.05, 0.1) is 28.4 Å². The van der Waals surface area contributed by atoms with Crippen LogP contribution < -0.4 is 11.1 Å². The SMILES string of the molecule is CC(=O)c1c(N)ccc(-c2cnc3c(c2Cl)C2(CCC(n4cc(C(F)(F)F)cn4)C2)CN3)c1F. The maximum Gasteiger partial charge on any atom is 0.419 e. The van der Waals surface area contributed by atoms with Gasteiger partial charge in [0.25, 0.3) is 0 Å². The van der Waals surface area contributed by atoms with Crippen LogP contribution in [0.4, 0.5) is 29.1 Å². The van der Waals surface area contributed by atoms with E-state index in [4.69, 9.17) is 17.3 Å². The fraction of sp³-hybridized carbons (Fsp3) is 0.348. The van der Waals surface area contributed by atoms with E-state index < -0.39 is 28.8 Å². The first-order valence-electron chi connectivity index (χ1n) is 10.7. The van der Waals surface area contributed by atoms with Gasteiger partial charge in [-0.2, -0.15) is 18.3 Å². The van der Waals surface area contributed by atoms with Crippen molar-refractivity contribution in [1.82, 2.24) is 14.8 Å². The summed E-state index contributed by atoms with van der Waals surface area (Å²) in [6, 6.07) is 2.66. The Kier molecular flexibility index (Phi) is 5.12. The summed E-state index contributed by atoms with van der Waals surface area (Å²) in [5, 5.41) is 7.47. The number of alkyl halides is 3. The molecule has 6 nitrogen and oxygen atoms in total. The lowest BCUT2D eigenvalue weighted by Crippen LogP contribution is -2.26. The largest absolute Gasteiger partial charge is 0.419 e. The zero-order valence-corrected chi connectivity index (χ0v) is 18.8. The molecule has 178 valence electrons. The molecule has 5 rings (SSSR count). The van der Waals surface area contributed by atoms with Gasteiger partial charge < -0.3 is 11.1 Å². The number of ketones is 1. The molecule has 0 amide bonds. The van der Waals surface area contributed by atoms with Gasteiger partial charge in [-0.05, 0) is 38.3 Å². The predicted octanol–water partition coefficient (Wildman–Crippen LogP) is 5.63. The van der Waals surface area contributed by atoms with Gasteiger partial charge in [0, 0.05) is 46.7 Å². The van der Waals surface area contributed by atoms with Crippen LogP contribution >= 0.6 is 11.6 Å². The number of nitrogens with one attached hydrogen (secondary N) is 1. The highest BCUT2D eigenvalue weighted by atomic mass is 35.5. The number of benzene rings is 1. The summed E-state index contributed by atoms with van der Waals surface area (Å²) in [6.45, 7) is 1.74. The van der Waals surface area contributed by atoms with Crippen molar-refractivity contribution in [3.05, 3.63) is 58.3 Å². The first kappa shape index (κ1) is 22.6. The molecular formula is C23H20ClF4N5O. The number of pyridine rings is 1. The summed E-state index contributed by atoms with van der Waals surface area (Å²) in [5.41, 5.74) is 5.48. The van der Waals surface area contributed by atoms with Crippen molar-refractivity contribution in [3.8, 4) is 11.1 Å². The Labute approximate surface area is 197 Å². The summed E-state index contributed by atoms with van der Waals surface area (Å²) in [6.07, 6.45) is 0.588. The Morgan fingerprint density at radius 2 is 2.06 bits per heavy atom. The van der Waals surface area contributed by atoms with E-state index >= 15 is 4.39 Å². The molecule has 0 radical (unpaired) electrons. The van der Waals surface area contributed by atoms with Crippen LogP contribution in [0, 0.1) is 5.82 Å². The molecule has 2 aromatic heterocycles. The van der Waals surface area contributed by atoms with Crippen LogP contribution in [0.2, 0.25) is 5.02 Å². The van der Waals surface area contributed by atoms with Gasteiger partial charge >= 0.3 is 6.18 Å². The van der Waals surface area contributed by atoms with Gasteiger partial charge in [-0.15, -0.1) is 0 Å². The lowest BCUT2D eigenvalue weighted by atomic mass is 9.80. The van der Waals surface area contributed by atoms with E-state index in [2.05, 4.69) is 15.4 Å². The van der Waals surface area contributed by atoms with Crippen molar-refractivity contribution >= 4 is 28.9 Å². The van der Waals surface area contributed by atoms with Crippen LogP contribution in [0.15, 0.2) is 30.7 Å². The molecule has 1 saturated carbocycles. The Hall–Kier alpha value is -3.14. The van der Waals surface area contributed by atoms with Crippen molar-refractivity contribution < 1.29 is 22.4 Å². The summed E-state index contributed by atoms with van der Waals surface area (Å²) in [4.78, 5) is 16.4. The number of anilines is 2. The average molecular weight is 494 g/mol. The number of nitrogens with two attached hydrogens (primary N) is 1. The van der Waals surface area contributed by atoms with Crippen LogP contribution in [-0.2, 0) is 11.6 Å². The first-order valence-corrected chi connectivity index (χ1v) is 11.0. The minimum Gasteiger partial charge on any atom is -0.398 e. The fourth-order valence-electron chi connectivity index (χ4n) is 5.19. The molecule has 3 heterocycles. The van der Waals surface area contributed by atoms with Crippen LogP contribution in [0.1, 0.15) is 53.7 Å². The number of Topliss-reactive ketones (excluding diaryl/α,β-unsaturated/α-hetero) is 1. The zero-order chi connectivity index (χ0) is 24.4. The van der Waals surface area contributed by atoms with E-state index in [1.807, 2.05) is 0 Å². The number of carbonyl (C=O) groups is 1. The van der Waals surface area contributed by atoms with E-state index in [0.29, 0.717) is 47.8 Å². The molecule has 1 aliphatic heterocycles. The monoisotopic (exact) mass is 493 g/mol. The molecule has 1 spiro atoms. The molecular weight excluding hydrogens is 474 g/mol. The van der Waals surface area contributed by atoms with E-state index in [-0.39, 0.29) is 22.9 Å². The Bertz CT molecular complexity index is 1320. The maximum atomic E-state index is 15.2. The molecule has 0 saturated heterocycles. The number of nitrogen functional groups attached to an aromatic ring is 1. The summed E-state index contributed by atoms with van der Waals surface area (Å²) < 4.78 is 55.7. The number of aromatic nitrogens is 3. The van der Waals surface area contributed by atoms with Gasteiger partial charge in [-0.3, -0.25) is 9.48 Å². The van der Waals surface area contributed by atoms with Gasteiger partial charge in [0.2, 0.25) is 0 Å². The molecule has 11 heteroatoms. The van der Waals surface area contributed by atoms with Gasteiger partial charge in [0.15, 0.2) is 5.78 Å². The van der Waals surface area contributed by atoms with Crippen molar-refractivity contribution in [2.75, 3.05) is 17.6 Å². The number of hydrogen-bond donors (Lipinski definition) is 2. The molecule has 1 aliphatic carbocycles. The maximum absolute atomic E-state index is 15.2. The summed E-state index contributed by atoms with van der Waals surface area (Å²) in [5.74, 6) is -0.707. The fourth-order valence-corrected chi connectivity index (χ4v) is 5.63. The van der Waals surface area contributed by atoms with E-state index in [1.165, 1.54) is 29.9 Å². The topological polar surface area (TPSA) is 85.8 Å². The Morgan fingerprint density at radius 1 is 1.29 bits per heavy atom. The number of hydrogen-bond acceptors (Lipinski definition) is 5. The number of rotatable bonds is 3. The highest BCUT2D eigenvalue weighted by Gasteiger charge is 2.48. The standard InChI is InChI=1S/C23H20ClF4N5O/c1-11(34)17-16(29)3-2-14(20(17)25)15-8-30-21-18(19(15)24)22(10-31-21)5-4-13(6-22)33-9-12(7-32-33)23(26,27)28/h2-3,7-9,13H,4-6,10,29H2,1H3,(H,30,31). The molecule has 0 bridgehead atoms. The second-order valence-corrected chi connectivity index (χ2v) is 9.27. The Morgan fingerprint density at radius 3 is 2.74 bits per heavy atom. The second kappa shape index (κ2) is 7.69. The van der Waals surface area contributed by atoms with Gasteiger partial charge in [-0.25, -0.2) is 9.37 Å². The highest BCUT2D eigenvalue weighted by molar-refractivity contribution is 6.34. The molecule has 2 aliphatic rings. The third kappa shape index (κ3) is 3.43. The molecule has 1 fully saturated rings. The molecule has 2 unspecified atom stereocenters. The lowest BCUT2D eigenvalue weighted by Gasteiger charge is -2.25. The Balaban J connectivity index is 1.54. The van der Waals surface area contributed by atoms with Crippen molar-refractivity contribution in [2.45, 2.75) is 43.8 Å². The second-order valence-electron chi connectivity index (χ2n) is 8.89. The molecule has 2 atom stereocenters. The minimum absolute atomic E-state index is 0.0354. The minimum atomic E-state index is -4.46. The first-order chi connectivity index (χ1) is 16.0. The smallest absolute Gasteiger partial charge is 0.398 e. The van der Waals surface area contributed by atoms with Crippen molar-refractivity contribution in [3.63, 3.8) is 0 Å². The van der Waals surface area contributed by atoms with Crippen molar-refractivity contribution in [1.29, 1.82) is 0 Å². The van der Waals surface area contributed by atoms with Crippen LogP contribution in [-0.4, -0.2) is 27.1 Å². The normalized spacial score (nSPS) is 21.6. The molecule has 3 N–H and O–H groups in total. The predicted molar refractivity (Wildman–Crippen MR) is 119 cm³/mol. The van der Waals surface area contributed by atoms with Crippen LogP contribution in [0.25, 0.3) is 11.1 Å². The number of fused-ring (bicyclic) bond motifs is 2. The average Bonchev–Trinajstić information content (AvgIpc) is 3.48. The number of nitrogens with zero attached hydrogens (tertiary/aromatic N) is 3. The lowest BCUT2D eigenvalue weighted by molar-refractivity contribution is -0.137. The summed E-state index contributed by atoms with van der Waals surface area (Å²) in [7, 11) is 0. The quantitative estimate of drug-likeness (QED) is 0.280. The third-order valence-electron chi connectivity index (χ3n) is 6.84. The molecule has 1 aromatic carbocycles. The molecule has 3 aromatic rings. The van der Waals surface area contributed by atoms with E-state index in [9.17, 15) is 18.0 Å². The molecule has 34 heavy (non-hydrogen) atoms. The van der Waals surface area contributed by atoms with E-state index in [1.54, 1.807) is 0 Å². The zero-order valence-electron chi connectivity index (χ0n) is 18.0. The summed E-state index contributed by atoms with van der Waals surface area (Å²) >= 11 is 6.83. The number of carbonyl (C=O) groups excluding carboxylic acids is 1. The van der Waals surface area contributed by atoms with Gasteiger partial charge in [0.1, 0.15) is 11.6 Å². The van der Waals surface area contributed by atoms with Crippen LogP contribution in [0.3, 0.4) is 0 Å². The van der Waals surface area contributed by atoms with Crippen LogP contribution in [0.5, 0.6) is 0 Å².